The van der Waals surface area contributed by atoms with Gasteiger partial charge in [0.2, 0.25) is 0 Å². The highest BCUT2D eigenvalue weighted by Crippen LogP contribution is 2.44. The number of aromatic hydroxyl groups is 1. The van der Waals surface area contributed by atoms with Gasteiger partial charge in [0.15, 0.2) is 0 Å². The first kappa shape index (κ1) is 19.2. The van der Waals surface area contributed by atoms with Crippen LogP contribution in [0.25, 0.3) is 0 Å². The maximum Gasteiger partial charge on any atom is 0.146 e. The van der Waals surface area contributed by atoms with Gasteiger partial charge in [-0.1, -0.05) is 46.4 Å². The topological polar surface area (TPSA) is 35.8 Å². The molecular formula is C17H16Cl4N2O. The fraction of sp³-hybridized carbons (Fsp3) is 0.235. The number of benzene rings is 2. The maximum absolute atomic E-state index is 10.1. The summed E-state index contributed by atoms with van der Waals surface area (Å²) in [5.74, 6) is -0.250. The Hall–Kier alpha value is -1.13. The summed E-state index contributed by atoms with van der Waals surface area (Å²) in [7, 11) is 0. The molecule has 0 saturated carbocycles. The van der Waals surface area contributed by atoms with Crippen LogP contribution in [0.5, 0.6) is 5.75 Å². The van der Waals surface area contributed by atoms with Gasteiger partial charge >= 0.3 is 0 Å². The van der Waals surface area contributed by atoms with Crippen molar-refractivity contribution < 1.29 is 5.11 Å². The molecule has 0 atom stereocenters. The Morgan fingerprint density at radius 2 is 1.46 bits per heavy atom. The molecule has 2 rings (SSSR count). The second-order valence-corrected chi connectivity index (χ2v) is 6.48. The molecule has 2 aromatic carbocycles. The molecule has 0 amide bonds. The number of hydrogen-bond donors (Lipinski definition) is 1. The van der Waals surface area contributed by atoms with Crippen molar-refractivity contribution in [2.75, 3.05) is 18.0 Å². The molecule has 3 nitrogen and oxygen atoms in total. The number of anilines is 1. The number of hydrogen-bond acceptors (Lipinski definition) is 3. The maximum atomic E-state index is 10.1. The van der Waals surface area contributed by atoms with E-state index in [2.05, 4.69) is 23.7 Å². The molecule has 1 N–H and O–H groups in total. The zero-order chi connectivity index (χ0) is 17.9. The van der Waals surface area contributed by atoms with Gasteiger partial charge in [-0.15, -0.1) is 0 Å². The Kier molecular flexibility index (Phi) is 6.64. The number of phenols is 1. The molecule has 0 aliphatic heterocycles. The number of phenolic OH excluding ortho intramolecular Hbond substituents is 1. The summed E-state index contributed by atoms with van der Waals surface area (Å²) in [5.41, 5.74) is 2.06. The first-order valence-electron chi connectivity index (χ1n) is 7.34. The summed E-state index contributed by atoms with van der Waals surface area (Å²) in [6, 6.07) is 7.74. The number of nitrogens with zero attached hydrogens (tertiary/aromatic N) is 2. The summed E-state index contributed by atoms with van der Waals surface area (Å²) < 4.78 is 0. The van der Waals surface area contributed by atoms with Crippen LogP contribution in [0.3, 0.4) is 0 Å². The van der Waals surface area contributed by atoms with Crippen LogP contribution in [-0.2, 0) is 0 Å². The fourth-order valence-corrected chi connectivity index (χ4v) is 3.14. The Morgan fingerprint density at radius 1 is 0.917 bits per heavy atom. The van der Waals surface area contributed by atoms with E-state index in [1.165, 1.54) is 6.21 Å². The van der Waals surface area contributed by atoms with E-state index in [9.17, 15) is 5.11 Å². The van der Waals surface area contributed by atoms with Crippen molar-refractivity contribution in [1.29, 1.82) is 0 Å². The SMILES string of the molecule is CCN(CC)c1ccc(N=Cc2c(O)c(Cl)c(Cl)c(Cl)c2Cl)cc1. The normalized spacial score (nSPS) is 11.2. The molecular weight excluding hydrogens is 390 g/mol. The standard InChI is InChI=1S/C17H16Cl4N2O/c1-3-23(4-2)11-7-5-10(6-8-11)22-9-12-13(18)14(19)15(20)16(21)17(12)24/h5-9,24H,3-4H2,1-2H3. The lowest BCUT2D eigenvalue weighted by atomic mass is 10.2. The van der Waals surface area contributed by atoms with E-state index in [-0.39, 0.29) is 31.4 Å². The summed E-state index contributed by atoms with van der Waals surface area (Å²) in [6.07, 6.45) is 1.41. The highest BCUT2D eigenvalue weighted by Gasteiger charge is 2.18. The molecule has 0 saturated heterocycles. The minimum absolute atomic E-state index is 0.0153. The van der Waals surface area contributed by atoms with Gasteiger partial charge in [0.25, 0.3) is 0 Å². The lowest BCUT2D eigenvalue weighted by molar-refractivity contribution is 0.475. The number of aliphatic imine (C=N–C) groups is 1. The van der Waals surface area contributed by atoms with Crippen molar-refractivity contribution in [1.82, 2.24) is 0 Å². The summed E-state index contributed by atoms with van der Waals surface area (Å²) in [5, 5.41) is 10.2. The minimum atomic E-state index is -0.250. The third-order valence-electron chi connectivity index (χ3n) is 3.60. The van der Waals surface area contributed by atoms with Gasteiger partial charge in [0, 0.05) is 25.0 Å². The van der Waals surface area contributed by atoms with Gasteiger partial charge in [-0.2, -0.15) is 0 Å². The zero-order valence-electron chi connectivity index (χ0n) is 13.2. The molecule has 2 aromatic rings. The predicted molar refractivity (Wildman–Crippen MR) is 105 cm³/mol. The Balaban J connectivity index is 2.32. The van der Waals surface area contributed by atoms with Gasteiger partial charge in [-0.25, -0.2) is 0 Å². The fourth-order valence-electron chi connectivity index (χ4n) is 2.23. The molecule has 0 bridgehead atoms. The predicted octanol–water partition coefficient (Wildman–Crippen LogP) is 6.60. The van der Waals surface area contributed by atoms with Gasteiger partial charge in [-0.3, -0.25) is 4.99 Å². The smallest absolute Gasteiger partial charge is 0.146 e. The van der Waals surface area contributed by atoms with Crippen molar-refractivity contribution in [3.05, 3.63) is 49.9 Å². The molecule has 0 aliphatic rings. The molecule has 24 heavy (non-hydrogen) atoms. The lowest BCUT2D eigenvalue weighted by Crippen LogP contribution is -2.21. The summed E-state index contributed by atoms with van der Waals surface area (Å²) >= 11 is 23.9. The van der Waals surface area contributed by atoms with Gasteiger partial charge < -0.3 is 10.0 Å². The summed E-state index contributed by atoms with van der Waals surface area (Å²) in [4.78, 5) is 6.54. The summed E-state index contributed by atoms with van der Waals surface area (Å²) in [6.45, 7) is 6.08. The van der Waals surface area contributed by atoms with Crippen LogP contribution in [0.4, 0.5) is 11.4 Å². The van der Waals surface area contributed by atoms with Crippen LogP contribution in [0.1, 0.15) is 19.4 Å². The van der Waals surface area contributed by atoms with Crippen LogP contribution in [0.15, 0.2) is 29.3 Å². The van der Waals surface area contributed by atoms with E-state index in [4.69, 9.17) is 46.4 Å². The zero-order valence-corrected chi connectivity index (χ0v) is 16.2. The Labute approximate surface area is 161 Å². The van der Waals surface area contributed by atoms with Gasteiger partial charge in [0.1, 0.15) is 10.8 Å². The number of rotatable bonds is 5. The van der Waals surface area contributed by atoms with Crippen molar-refractivity contribution in [2.24, 2.45) is 4.99 Å². The second kappa shape index (κ2) is 8.30. The van der Waals surface area contributed by atoms with Crippen LogP contribution < -0.4 is 4.90 Å². The average Bonchev–Trinajstić information content (AvgIpc) is 2.60. The van der Waals surface area contributed by atoms with Crippen LogP contribution in [0.2, 0.25) is 20.1 Å². The van der Waals surface area contributed by atoms with Crippen molar-refractivity contribution >= 4 is 64.0 Å². The molecule has 0 aromatic heterocycles. The third kappa shape index (κ3) is 3.92. The van der Waals surface area contributed by atoms with E-state index < -0.39 is 0 Å². The van der Waals surface area contributed by atoms with E-state index in [1.54, 1.807) is 0 Å². The minimum Gasteiger partial charge on any atom is -0.506 e. The molecule has 0 aliphatic carbocycles. The molecule has 0 spiro atoms. The monoisotopic (exact) mass is 404 g/mol. The van der Waals surface area contributed by atoms with E-state index in [0.29, 0.717) is 5.69 Å². The number of halogens is 4. The Bertz CT molecular complexity index is 727. The highest BCUT2D eigenvalue weighted by atomic mass is 35.5. The largest absolute Gasteiger partial charge is 0.506 e. The van der Waals surface area contributed by atoms with Crippen molar-refractivity contribution in [3.8, 4) is 5.75 Å². The van der Waals surface area contributed by atoms with Crippen molar-refractivity contribution in [2.45, 2.75) is 13.8 Å². The second-order valence-electron chi connectivity index (χ2n) is 4.97. The van der Waals surface area contributed by atoms with Crippen molar-refractivity contribution in [3.63, 3.8) is 0 Å². The lowest BCUT2D eigenvalue weighted by Gasteiger charge is -2.20. The first-order valence-corrected chi connectivity index (χ1v) is 8.85. The van der Waals surface area contributed by atoms with E-state index in [1.807, 2.05) is 24.3 Å². The van der Waals surface area contributed by atoms with Crippen LogP contribution >= 0.6 is 46.4 Å². The Morgan fingerprint density at radius 3 is 2.00 bits per heavy atom. The van der Waals surface area contributed by atoms with E-state index >= 15 is 0 Å². The molecule has 0 fully saturated rings. The molecule has 0 radical (unpaired) electrons. The molecule has 128 valence electrons. The molecule has 0 heterocycles. The van der Waals surface area contributed by atoms with Crippen LogP contribution in [-0.4, -0.2) is 24.4 Å². The quantitative estimate of drug-likeness (QED) is 0.345. The average molecular weight is 406 g/mol. The van der Waals surface area contributed by atoms with Gasteiger partial charge in [-0.05, 0) is 38.1 Å². The van der Waals surface area contributed by atoms with E-state index in [0.717, 1.165) is 18.8 Å². The highest BCUT2D eigenvalue weighted by molar-refractivity contribution is 6.53. The van der Waals surface area contributed by atoms with Gasteiger partial charge in [0.05, 0.1) is 26.3 Å². The first-order chi connectivity index (χ1) is 11.4. The van der Waals surface area contributed by atoms with Crippen LogP contribution in [0, 0.1) is 0 Å². The third-order valence-corrected chi connectivity index (χ3v) is 5.41. The molecule has 7 heteroatoms. The molecule has 0 unspecified atom stereocenters.